The van der Waals surface area contributed by atoms with E-state index in [0.717, 1.165) is 25.6 Å². The molecule has 2 heterocycles. The number of hydrogen-bond donors (Lipinski definition) is 1. The van der Waals surface area contributed by atoms with Gasteiger partial charge in [0.15, 0.2) is 0 Å². The van der Waals surface area contributed by atoms with Gasteiger partial charge in [-0.3, -0.25) is 4.90 Å². The molecule has 2 aliphatic heterocycles. The Balaban J connectivity index is 2.02. The molecule has 0 aromatic heterocycles. The van der Waals surface area contributed by atoms with Crippen LogP contribution >= 0.6 is 0 Å². The molecule has 0 bridgehead atoms. The van der Waals surface area contributed by atoms with E-state index in [4.69, 9.17) is 4.74 Å². The summed E-state index contributed by atoms with van der Waals surface area (Å²) in [5, 5.41) is 3.81. The van der Waals surface area contributed by atoms with Gasteiger partial charge in [-0.1, -0.05) is 41.0 Å². The predicted molar refractivity (Wildman–Crippen MR) is 89.6 cm³/mol. The van der Waals surface area contributed by atoms with Crippen LogP contribution in [0, 0.1) is 11.3 Å². The first-order chi connectivity index (χ1) is 9.81. The molecule has 0 saturated carbocycles. The van der Waals surface area contributed by atoms with E-state index in [9.17, 15) is 0 Å². The van der Waals surface area contributed by atoms with Crippen LogP contribution in [0.5, 0.6) is 0 Å². The van der Waals surface area contributed by atoms with Crippen molar-refractivity contribution in [1.82, 2.24) is 10.2 Å². The highest BCUT2D eigenvalue weighted by Gasteiger charge is 2.37. The number of rotatable bonds is 4. The molecule has 0 aromatic carbocycles. The third-order valence-corrected chi connectivity index (χ3v) is 5.56. The first-order valence-corrected chi connectivity index (χ1v) is 8.94. The van der Waals surface area contributed by atoms with Crippen LogP contribution in [0.4, 0.5) is 0 Å². The van der Waals surface area contributed by atoms with Crippen molar-refractivity contribution in [1.29, 1.82) is 0 Å². The van der Waals surface area contributed by atoms with E-state index in [2.05, 4.69) is 51.8 Å². The van der Waals surface area contributed by atoms with Crippen molar-refractivity contribution in [3.63, 3.8) is 0 Å². The first-order valence-electron chi connectivity index (χ1n) is 8.94. The average molecular weight is 296 g/mol. The molecule has 2 saturated heterocycles. The van der Waals surface area contributed by atoms with Crippen LogP contribution in [0.15, 0.2) is 0 Å². The topological polar surface area (TPSA) is 24.5 Å². The zero-order chi connectivity index (χ0) is 15.6. The molecule has 0 spiro atoms. The molecule has 0 aliphatic carbocycles. The summed E-state index contributed by atoms with van der Waals surface area (Å²) >= 11 is 0. The molecule has 21 heavy (non-hydrogen) atoms. The van der Waals surface area contributed by atoms with Crippen molar-refractivity contribution in [2.45, 2.75) is 85.1 Å². The summed E-state index contributed by atoms with van der Waals surface area (Å²) in [5.74, 6) is 0.747. The van der Waals surface area contributed by atoms with Gasteiger partial charge in [-0.15, -0.1) is 0 Å². The largest absolute Gasteiger partial charge is 0.374 e. The molecule has 0 amide bonds. The zero-order valence-corrected chi connectivity index (χ0v) is 15.0. The minimum atomic E-state index is 0.322. The Morgan fingerprint density at radius 3 is 2.52 bits per heavy atom. The Hall–Kier alpha value is -0.120. The molecule has 3 nitrogen and oxygen atoms in total. The Labute approximate surface area is 131 Å². The van der Waals surface area contributed by atoms with Gasteiger partial charge in [-0.25, -0.2) is 0 Å². The number of piperazine rings is 1. The number of nitrogens with one attached hydrogen (secondary N) is 1. The lowest BCUT2D eigenvalue weighted by Crippen LogP contribution is -2.62. The van der Waals surface area contributed by atoms with Crippen molar-refractivity contribution in [2.75, 3.05) is 19.6 Å². The van der Waals surface area contributed by atoms with Gasteiger partial charge in [0, 0.05) is 31.7 Å². The average Bonchev–Trinajstić information content (AvgIpc) is 2.82. The minimum Gasteiger partial charge on any atom is -0.374 e. The highest BCUT2D eigenvalue weighted by atomic mass is 16.5. The number of hydrogen-bond acceptors (Lipinski definition) is 3. The monoisotopic (exact) mass is 296 g/mol. The second-order valence-corrected chi connectivity index (χ2v) is 8.38. The number of ether oxygens (including phenoxy) is 1. The van der Waals surface area contributed by atoms with Crippen molar-refractivity contribution in [3.05, 3.63) is 0 Å². The van der Waals surface area contributed by atoms with Crippen LogP contribution in [0.1, 0.15) is 60.8 Å². The molecule has 2 aliphatic rings. The van der Waals surface area contributed by atoms with Crippen molar-refractivity contribution < 1.29 is 4.74 Å². The van der Waals surface area contributed by atoms with E-state index in [-0.39, 0.29) is 0 Å². The Morgan fingerprint density at radius 2 is 2.00 bits per heavy atom. The van der Waals surface area contributed by atoms with E-state index in [1.807, 2.05) is 0 Å². The maximum atomic E-state index is 6.08. The van der Waals surface area contributed by atoms with Gasteiger partial charge in [-0.05, 0) is 31.1 Å². The maximum absolute atomic E-state index is 6.08. The van der Waals surface area contributed by atoms with Gasteiger partial charge in [0.25, 0.3) is 0 Å². The van der Waals surface area contributed by atoms with E-state index < -0.39 is 0 Å². The smallest absolute Gasteiger partial charge is 0.0706 e. The molecule has 5 atom stereocenters. The van der Waals surface area contributed by atoms with E-state index >= 15 is 0 Å². The highest BCUT2D eigenvalue weighted by molar-refractivity contribution is 4.94. The zero-order valence-electron chi connectivity index (χ0n) is 15.0. The molecule has 3 heteroatoms. The molecular weight excluding hydrogens is 260 g/mol. The van der Waals surface area contributed by atoms with Gasteiger partial charge in [-0.2, -0.15) is 0 Å². The molecule has 124 valence electrons. The van der Waals surface area contributed by atoms with E-state index in [1.165, 1.54) is 19.3 Å². The Morgan fingerprint density at radius 1 is 1.29 bits per heavy atom. The predicted octanol–water partition coefficient (Wildman–Crippen LogP) is 3.29. The minimum absolute atomic E-state index is 0.322. The van der Waals surface area contributed by atoms with Crippen LogP contribution in [0.2, 0.25) is 0 Å². The summed E-state index contributed by atoms with van der Waals surface area (Å²) in [6.07, 6.45) is 4.63. The van der Waals surface area contributed by atoms with Crippen LogP contribution in [0.25, 0.3) is 0 Å². The third-order valence-electron chi connectivity index (χ3n) is 5.56. The summed E-state index contributed by atoms with van der Waals surface area (Å²) in [7, 11) is 0. The van der Waals surface area contributed by atoms with Crippen molar-refractivity contribution >= 4 is 0 Å². The van der Waals surface area contributed by atoms with Gasteiger partial charge < -0.3 is 10.1 Å². The first kappa shape index (κ1) is 17.2. The molecule has 0 radical (unpaired) electrons. The van der Waals surface area contributed by atoms with Gasteiger partial charge in [0.05, 0.1) is 12.2 Å². The normalized spacial score (nSPS) is 36.9. The second kappa shape index (κ2) is 6.97. The van der Waals surface area contributed by atoms with E-state index in [0.29, 0.717) is 29.7 Å². The lowest BCUT2D eigenvalue weighted by Gasteiger charge is -2.47. The Bertz CT molecular complexity index is 326. The fourth-order valence-electron chi connectivity index (χ4n) is 3.73. The maximum Gasteiger partial charge on any atom is 0.0706 e. The van der Waals surface area contributed by atoms with Crippen molar-refractivity contribution in [2.24, 2.45) is 11.3 Å². The highest BCUT2D eigenvalue weighted by Crippen LogP contribution is 2.28. The van der Waals surface area contributed by atoms with Gasteiger partial charge in [0.1, 0.15) is 0 Å². The molecular formula is C18H36N2O. The molecule has 2 fully saturated rings. The fraction of sp³-hybridized carbons (Fsp3) is 1.00. The lowest BCUT2D eigenvalue weighted by atomic mass is 9.83. The van der Waals surface area contributed by atoms with Gasteiger partial charge >= 0.3 is 0 Å². The van der Waals surface area contributed by atoms with Gasteiger partial charge in [0.2, 0.25) is 0 Å². The van der Waals surface area contributed by atoms with Crippen LogP contribution < -0.4 is 5.32 Å². The third kappa shape index (κ3) is 4.43. The van der Waals surface area contributed by atoms with Crippen LogP contribution in [0.3, 0.4) is 0 Å². The summed E-state index contributed by atoms with van der Waals surface area (Å²) in [4.78, 5) is 2.73. The lowest BCUT2D eigenvalue weighted by molar-refractivity contribution is -0.00856. The molecule has 5 unspecified atom stereocenters. The molecule has 2 rings (SSSR count). The quantitative estimate of drug-likeness (QED) is 0.861. The molecule has 1 N–H and O–H groups in total. The van der Waals surface area contributed by atoms with Crippen LogP contribution in [-0.2, 0) is 4.74 Å². The second-order valence-electron chi connectivity index (χ2n) is 8.38. The molecule has 0 aromatic rings. The van der Waals surface area contributed by atoms with Crippen LogP contribution in [-0.4, -0.2) is 48.8 Å². The fourth-order valence-corrected chi connectivity index (χ4v) is 3.73. The summed E-state index contributed by atoms with van der Waals surface area (Å²) in [6, 6.07) is 1.24. The standard InChI is InChI=1S/C18H36N2O/c1-7-13(2)16-10-19-17(18(4,5)6)12-20(16)11-15-9-8-14(3)21-15/h13-17,19H,7-12H2,1-6H3. The summed E-state index contributed by atoms with van der Waals surface area (Å²) < 4.78 is 6.08. The van der Waals surface area contributed by atoms with E-state index in [1.54, 1.807) is 0 Å². The summed E-state index contributed by atoms with van der Waals surface area (Å²) in [5.41, 5.74) is 0.322. The van der Waals surface area contributed by atoms with Crippen molar-refractivity contribution in [3.8, 4) is 0 Å². The Kier molecular flexibility index (Phi) is 5.72. The number of nitrogens with zero attached hydrogens (tertiary/aromatic N) is 1. The SMILES string of the molecule is CCC(C)C1CNC(C(C)(C)C)CN1CC1CCC(C)O1. The summed E-state index contributed by atoms with van der Waals surface area (Å²) in [6.45, 7) is 17.4.